The fourth-order valence-corrected chi connectivity index (χ4v) is 1.54. The molecule has 1 aliphatic rings. The highest BCUT2D eigenvalue weighted by Gasteiger charge is 2.35. The molecular formula is C10H9ClN2O3. The van der Waals surface area contributed by atoms with Crippen molar-refractivity contribution in [3.63, 3.8) is 0 Å². The second-order valence-corrected chi connectivity index (χ2v) is 3.21. The van der Waals surface area contributed by atoms with Gasteiger partial charge in [0, 0.05) is 0 Å². The molecule has 0 saturated heterocycles. The lowest BCUT2D eigenvalue weighted by atomic mass is 10.1. The summed E-state index contributed by atoms with van der Waals surface area (Å²) in [6.07, 6.45) is 0. The number of carbonyl (C=O) groups excluding carboxylic acids is 3. The molecule has 1 aromatic carbocycles. The zero-order chi connectivity index (χ0) is 11.0. The molecule has 2 N–H and O–H groups in total. The van der Waals surface area contributed by atoms with Crippen LogP contribution in [0.15, 0.2) is 24.3 Å². The number of nitrogens with zero attached hydrogens (tertiary/aromatic N) is 1. The summed E-state index contributed by atoms with van der Waals surface area (Å²) in [6.45, 7) is -0.369. The summed E-state index contributed by atoms with van der Waals surface area (Å²) < 4.78 is 0. The summed E-state index contributed by atoms with van der Waals surface area (Å²) >= 11 is 0. The average Bonchev–Trinajstić information content (AvgIpc) is 2.44. The molecule has 5 nitrogen and oxygen atoms in total. The third-order valence-corrected chi connectivity index (χ3v) is 2.19. The lowest BCUT2D eigenvalue weighted by molar-refractivity contribution is -0.118. The zero-order valence-corrected chi connectivity index (χ0v) is 8.99. The van der Waals surface area contributed by atoms with E-state index in [0.29, 0.717) is 11.1 Å². The Morgan fingerprint density at radius 1 is 1.12 bits per heavy atom. The number of primary amides is 1. The Kier molecular flexibility index (Phi) is 3.29. The highest BCUT2D eigenvalue weighted by molar-refractivity contribution is 6.22. The first-order valence-corrected chi connectivity index (χ1v) is 4.35. The fourth-order valence-electron chi connectivity index (χ4n) is 1.54. The number of fused-ring (bicyclic) bond motifs is 1. The van der Waals surface area contributed by atoms with Gasteiger partial charge in [-0.1, -0.05) is 12.1 Å². The molecule has 2 rings (SSSR count). The van der Waals surface area contributed by atoms with E-state index in [-0.39, 0.29) is 19.0 Å². The molecule has 0 fully saturated rings. The molecule has 0 spiro atoms. The molecule has 0 aliphatic carbocycles. The second-order valence-electron chi connectivity index (χ2n) is 3.21. The first kappa shape index (κ1) is 12.2. The highest BCUT2D eigenvalue weighted by atomic mass is 35.5. The van der Waals surface area contributed by atoms with Gasteiger partial charge in [0.05, 0.1) is 11.1 Å². The molecule has 16 heavy (non-hydrogen) atoms. The van der Waals surface area contributed by atoms with Gasteiger partial charge >= 0.3 is 0 Å². The summed E-state index contributed by atoms with van der Waals surface area (Å²) in [5, 5.41) is 0. The van der Waals surface area contributed by atoms with E-state index in [2.05, 4.69) is 0 Å². The first-order valence-electron chi connectivity index (χ1n) is 4.35. The smallest absolute Gasteiger partial charge is 0.262 e. The standard InChI is InChI=1S/C10H8N2O3.ClH/c11-8(13)5-12-9(14)6-3-1-2-4-7(6)10(12)15;/h1-4H,5H2,(H2,11,13);1H. The van der Waals surface area contributed by atoms with Gasteiger partial charge in [0.25, 0.3) is 11.8 Å². The van der Waals surface area contributed by atoms with Crippen molar-refractivity contribution >= 4 is 30.1 Å². The SMILES string of the molecule is Cl.NC(=O)CN1C(=O)c2ccccc2C1=O. The topological polar surface area (TPSA) is 80.5 Å². The maximum Gasteiger partial charge on any atom is 0.262 e. The van der Waals surface area contributed by atoms with E-state index in [1.807, 2.05) is 0 Å². The van der Waals surface area contributed by atoms with Gasteiger partial charge in [0.2, 0.25) is 5.91 Å². The van der Waals surface area contributed by atoms with Gasteiger partial charge in [0.15, 0.2) is 0 Å². The van der Waals surface area contributed by atoms with Gasteiger partial charge in [0.1, 0.15) is 6.54 Å². The van der Waals surface area contributed by atoms with Crippen LogP contribution >= 0.6 is 12.4 Å². The maximum absolute atomic E-state index is 11.6. The Morgan fingerprint density at radius 3 is 1.94 bits per heavy atom. The molecule has 1 aliphatic heterocycles. The van der Waals surface area contributed by atoms with Crippen LogP contribution in [0.2, 0.25) is 0 Å². The summed E-state index contributed by atoms with van der Waals surface area (Å²) in [5.74, 6) is -1.63. The molecule has 0 saturated carbocycles. The number of rotatable bonds is 2. The number of imide groups is 1. The monoisotopic (exact) mass is 240 g/mol. The second kappa shape index (κ2) is 4.32. The van der Waals surface area contributed by atoms with Crippen LogP contribution < -0.4 is 5.73 Å². The number of carbonyl (C=O) groups is 3. The van der Waals surface area contributed by atoms with E-state index in [0.717, 1.165) is 4.90 Å². The molecule has 0 aromatic heterocycles. The van der Waals surface area contributed by atoms with E-state index >= 15 is 0 Å². The van der Waals surface area contributed by atoms with Gasteiger partial charge in [-0.3, -0.25) is 19.3 Å². The van der Waals surface area contributed by atoms with E-state index in [1.165, 1.54) is 0 Å². The molecule has 1 heterocycles. The Hall–Kier alpha value is -1.88. The molecule has 0 bridgehead atoms. The maximum atomic E-state index is 11.6. The van der Waals surface area contributed by atoms with Crippen molar-refractivity contribution < 1.29 is 14.4 Å². The molecule has 1 aromatic rings. The summed E-state index contributed by atoms with van der Waals surface area (Å²) in [5.41, 5.74) is 5.59. The summed E-state index contributed by atoms with van der Waals surface area (Å²) in [6, 6.07) is 6.43. The quantitative estimate of drug-likeness (QED) is 0.750. The van der Waals surface area contributed by atoms with Crippen molar-refractivity contribution in [3.05, 3.63) is 35.4 Å². The molecule has 6 heteroatoms. The lowest BCUT2D eigenvalue weighted by Crippen LogP contribution is -2.37. The number of benzene rings is 1. The number of amides is 3. The van der Waals surface area contributed by atoms with Gasteiger partial charge in [-0.05, 0) is 12.1 Å². The Balaban J connectivity index is 0.00000128. The van der Waals surface area contributed by atoms with Crippen LogP contribution in [0.25, 0.3) is 0 Å². The van der Waals surface area contributed by atoms with Gasteiger partial charge in [-0.15, -0.1) is 12.4 Å². The molecule has 3 amide bonds. The normalized spacial score (nSPS) is 13.4. The van der Waals surface area contributed by atoms with Crippen LogP contribution in [0.3, 0.4) is 0 Å². The minimum atomic E-state index is -0.704. The average molecular weight is 241 g/mol. The van der Waals surface area contributed by atoms with Gasteiger partial charge in [-0.2, -0.15) is 0 Å². The van der Waals surface area contributed by atoms with Crippen molar-refractivity contribution in [2.45, 2.75) is 0 Å². The third kappa shape index (κ3) is 1.77. The molecule has 0 atom stereocenters. The van der Waals surface area contributed by atoms with Crippen LogP contribution in [0.4, 0.5) is 0 Å². The van der Waals surface area contributed by atoms with Gasteiger partial charge < -0.3 is 5.73 Å². The Labute approximate surface area is 97.6 Å². The van der Waals surface area contributed by atoms with Crippen LogP contribution in [-0.4, -0.2) is 29.2 Å². The predicted octanol–water partition coefficient (Wildman–Crippen LogP) is 0.190. The fraction of sp³-hybridized carbons (Fsp3) is 0.100. The molecule has 84 valence electrons. The Morgan fingerprint density at radius 2 is 1.56 bits per heavy atom. The first-order chi connectivity index (χ1) is 7.11. The summed E-state index contributed by atoms with van der Waals surface area (Å²) in [4.78, 5) is 34.8. The van der Waals surface area contributed by atoms with Crippen molar-refractivity contribution in [3.8, 4) is 0 Å². The number of hydrogen-bond acceptors (Lipinski definition) is 3. The number of hydrogen-bond donors (Lipinski definition) is 1. The Bertz CT molecular complexity index is 438. The van der Waals surface area contributed by atoms with E-state index in [1.54, 1.807) is 24.3 Å². The lowest BCUT2D eigenvalue weighted by Gasteiger charge is -2.09. The number of nitrogens with two attached hydrogens (primary N) is 1. The van der Waals surface area contributed by atoms with Crippen LogP contribution in [0.1, 0.15) is 20.7 Å². The predicted molar refractivity (Wildman–Crippen MR) is 58.3 cm³/mol. The molecule has 0 radical (unpaired) electrons. The van der Waals surface area contributed by atoms with E-state index in [9.17, 15) is 14.4 Å². The van der Waals surface area contributed by atoms with Crippen LogP contribution in [0, 0.1) is 0 Å². The zero-order valence-electron chi connectivity index (χ0n) is 8.17. The summed E-state index contributed by atoms with van der Waals surface area (Å²) in [7, 11) is 0. The van der Waals surface area contributed by atoms with Gasteiger partial charge in [-0.25, -0.2) is 0 Å². The van der Waals surface area contributed by atoms with Crippen LogP contribution in [-0.2, 0) is 4.79 Å². The number of halogens is 1. The van der Waals surface area contributed by atoms with Crippen LogP contribution in [0.5, 0.6) is 0 Å². The van der Waals surface area contributed by atoms with Crippen molar-refractivity contribution in [2.75, 3.05) is 6.54 Å². The molecular weight excluding hydrogens is 232 g/mol. The minimum absolute atomic E-state index is 0. The largest absolute Gasteiger partial charge is 0.368 e. The minimum Gasteiger partial charge on any atom is -0.368 e. The van der Waals surface area contributed by atoms with E-state index in [4.69, 9.17) is 5.73 Å². The highest BCUT2D eigenvalue weighted by Crippen LogP contribution is 2.21. The van der Waals surface area contributed by atoms with Crippen molar-refractivity contribution in [1.82, 2.24) is 4.90 Å². The van der Waals surface area contributed by atoms with Crippen molar-refractivity contribution in [1.29, 1.82) is 0 Å². The van der Waals surface area contributed by atoms with Crippen molar-refractivity contribution in [2.24, 2.45) is 5.73 Å². The van der Waals surface area contributed by atoms with E-state index < -0.39 is 17.7 Å². The third-order valence-electron chi connectivity index (χ3n) is 2.19. The molecule has 0 unspecified atom stereocenters.